The second kappa shape index (κ2) is 9.66. The Balaban J connectivity index is 2.04. The first-order valence-electron chi connectivity index (χ1n) is 10.6. The van der Waals surface area contributed by atoms with Crippen LogP contribution in [-0.2, 0) is 4.79 Å². The second-order valence-corrected chi connectivity index (χ2v) is 7.72. The summed E-state index contributed by atoms with van der Waals surface area (Å²) in [6, 6.07) is 12.4. The lowest BCUT2D eigenvalue weighted by molar-refractivity contribution is -0.126. The fourth-order valence-corrected chi connectivity index (χ4v) is 3.72. The number of aryl methyl sites for hydroxylation is 1. The molecule has 158 valence electrons. The van der Waals surface area contributed by atoms with Crippen LogP contribution in [0.15, 0.2) is 53.2 Å². The Hall–Kier alpha value is -3.01. The monoisotopic (exact) mass is 405 g/mol. The summed E-state index contributed by atoms with van der Waals surface area (Å²) < 4.78 is 11.4. The third kappa shape index (κ3) is 4.59. The molecule has 0 N–H and O–H groups in total. The van der Waals surface area contributed by atoms with E-state index >= 15 is 0 Å². The Morgan fingerprint density at radius 3 is 2.37 bits per heavy atom. The number of hydrogen-bond donors (Lipinski definition) is 0. The Labute approximate surface area is 179 Å². The van der Waals surface area contributed by atoms with E-state index in [-0.39, 0.29) is 5.91 Å². The van der Waals surface area contributed by atoms with Crippen LogP contribution in [0.2, 0.25) is 0 Å². The maximum absolute atomic E-state index is 12.8. The standard InChI is InChI=1S/C26H31NO3/c1-6-12-27(13-7-2)26(28)14-19(4)21-15-22-23(20-10-8-18(3)9-11-20)17-30-25(22)16-24(21)29-5/h8-11,14-17H,6-7,12-13H2,1-5H3/b19-14+. The van der Waals surface area contributed by atoms with E-state index in [0.29, 0.717) is 5.75 Å². The number of carbonyl (C=O) groups is 1. The fraction of sp³-hybridized carbons (Fsp3) is 0.346. The first-order chi connectivity index (χ1) is 14.5. The van der Waals surface area contributed by atoms with Crippen LogP contribution in [0.3, 0.4) is 0 Å². The predicted molar refractivity (Wildman–Crippen MR) is 124 cm³/mol. The number of amides is 1. The molecule has 0 bridgehead atoms. The maximum atomic E-state index is 12.8. The van der Waals surface area contributed by atoms with Crippen molar-refractivity contribution in [2.45, 2.75) is 40.5 Å². The van der Waals surface area contributed by atoms with Gasteiger partial charge in [0.05, 0.1) is 13.4 Å². The average molecular weight is 406 g/mol. The molecule has 1 aromatic heterocycles. The molecule has 3 rings (SSSR count). The highest BCUT2D eigenvalue weighted by Gasteiger charge is 2.16. The van der Waals surface area contributed by atoms with E-state index in [4.69, 9.17) is 9.15 Å². The number of furan rings is 1. The summed E-state index contributed by atoms with van der Waals surface area (Å²) in [6.45, 7) is 9.76. The molecule has 0 aliphatic rings. The number of benzene rings is 2. The Morgan fingerprint density at radius 2 is 1.77 bits per heavy atom. The normalized spacial score (nSPS) is 11.7. The molecule has 0 unspecified atom stereocenters. The molecular weight excluding hydrogens is 374 g/mol. The van der Waals surface area contributed by atoms with Crippen LogP contribution in [0.1, 0.15) is 44.7 Å². The van der Waals surface area contributed by atoms with E-state index in [1.165, 1.54) is 5.56 Å². The van der Waals surface area contributed by atoms with Crippen molar-refractivity contribution < 1.29 is 13.9 Å². The highest BCUT2D eigenvalue weighted by atomic mass is 16.5. The number of rotatable bonds is 8. The quantitative estimate of drug-likeness (QED) is 0.403. The van der Waals surface area contributed by atoms with Crippen molar-refractivity contribution in [2.75, 3.05) is 20.2 Å². The molecule has 0 aliphatic carbocycles. The Kier molecular flexibility index (Phi) is 6.99. The van der Waals surface area contributed by atoms with Crippen molar-refractivity contribution in [2.24, 2.45) is 0 Å². The molecule has 4 nitrogen and oxygen atoms in total. The van der Waals surface area contributed by atoms with Gasteiger partial charge in [0.25, 0.3) is 0 Å². The molecule has 3 aromatic rings. The van der Waals surface area contributed by atoms with Crippen molar-refractivity contribution in [3.8, 4) is 16.9 Å². The zero-order chi connectivity index (χ0) is 21.7. The van der Waals surface area contributed by atoms with E-state index in [1.807, 2.05) is 17.9 Å². The van der Waals surface area contributed by atoms with Crippen LogP contribution in [0.5, 0.6) is 5.75 Å². The number of allylic oxidation sites excluding steroid dienone is 1. The molecule has 0 aliphatic heterocycles. The lowest BCUT2D eigenvalue weighted by atomic mass is 9.98. The molecule has 30 heavy (non-hydrogen) atoms. The van der Waals surface area contributed by atoms with Gasteiger partial charge >= 0.3 is 0 Å². The van der Waals surface area contributed by atoms with Gasteiger partial charge in [-0.1, -0.05) is 43.7 Å². The molecule has 0 spiro atoms. The minimum atomic E-state index is 0.0456. The van der Waals surface area contributed by atoms with Crippen LogP contribution in [0.4, 0.5) is 0 Å². The summed E-state index contributed by atoms with van der Waals surface area (Å²) in [7, 11) is 1.64. The topological polar surface area (TPSA) is 42.7 Å². The van der Waals surface area contributed by atoms with Crippen LogP contribution in [0.25, 0.3) is 27.7 Å². The third-order valence-electron chi connectivity index (χ3n) is 5.32. The number of hydrogen-bond acceptors (Lipinski definition) is 3. The molecule has 0 saturated carbocycles. The number of fused-ring (bicyclic) bond motifs is 1. The van der Waals surface area contributed by atoms with Crippen molar-refractivity contribution in [3.63, 3.8) is 0 Å². The highest BCUT2D eigenvalue weighted by Crippen LogP contribution is 2.37. The largest absolute Gasteiger partial charge is 0.496 e. The van der Waals surface area contributed by atoms with Crippen LogP contribution >= 0.6 is 0 Å². The van der Waals surface area contributed by atoms with Crippen molar-refractivity contribution in [3.05, 3.63) is 59.9 Å². The third-order valence-corrected chi connectivity index (χ3v) is 5.32. The lowest BCUT2D eigenvalue weighted by Gasteiger charge is -2.20. The van der Waals surface area contributed by atoms with Crippen LogP contribution in [-0.4, -0.2) is 31.0 Å². The predicted octanol–water partition coefficient (Wildman–Crippen LogP) is 6.47. The molecule has 0 fully saturated rings. The maximum Gasteiger partial charge on any atom is 0.246 e. The van der Waals surface area contributed by atoms with Gasteiger partial charge in [-0.25, -0.2) is 0 Å². The van der Waals surface area contributed by atoms with E-state index < -0.39 is 0 Å². The minimum absolute atomic E-state index is 0.0456. The summed E-state index contributed by atoms with van der Waals surface area (Å²) in [4.78, 5) is 14.7. The first-order valence-corrected chi connectivity index (χ1v) is 10.6. The molecular formula is C26H31NO3. The van der Waals surface area contributed by atoms with Crippen LogP contribution < -0.4 is 4.74 Å². The number of carbonyl (C=O) groups excluding carboxylic acids is 1. The van der Waals surface area contributed by atoms with Gasteiger partial charge < -0.3 is 14.1 Å². The summed E-state index contributed by atoms with van der Waals surface area (Å²) in [5, 5.41) is 1.01. The summed E-state index contributed by atoms with van der Waals surface area (Å²) in [6.07, 6.45) is 5.40. The van der Waals surface area contributed by atoms with E-state index in [9.17, 15) is 4.79 Å². The van der Waals surface area contributed by atoms with Gasteiger partial charge in [0.2, 0.25) is 5.91 Å². The molecule has 0 radical (unpaired) electrons. The second-order valence-electron chi connectivity index (χ2n) is 7.72. The lowest BCUT2D eigenvalue weighted by Crippen LogP contribution is -2.31. The van der Waals surface area contributed by atoms with Gasteiger partial charge in [-0.2, -0.15) is 0 Å². The summed E-state index contributed by atoms with van der Waals surface area (Å²) in [5.74, 6) is 0.746. The Bertz CT molecular complexity index is 1040. The minimum Gasteiger partial charge on any atom is -0.496 e. The fourth-order valence-electron chi connectivity index (χ4n) is 3.72. The van der Waals surface area contributed by atoms with Gasteiger partial charge in [0.15, 0.2) is 0 Å². The van der Waals surface area contributed by atoms with E-state index in [2.05, 4.69) is 51.1 Å². The van der Waals surface area contributed by atoms with Gasteiger partial charge in [-0.15, -0.1) is 0 Å². The van der Waals surface area contributed by atoms with Crippen molar-refractivity contribution in [1.29, 1.82) is 0 Å². The Morgan fingerprint density at radius 1 is 1.10 bits per heavy atom. The van der Waals surface area contributed by atoms with Crippen molar-refractivity contribution in [1.82, 2.24) is 4.90 Å². The van der Waals surface area contributed by atoms with Gasteiger partial charge in [0.1, 0.15) is 11.3 Å². The number of ether oxygens (including phenoxy) is 1. The molecule has 0 saturated heterocycles. The van der Waals surface area contributed by atoms with Gasteiger partial charge in [0, 0.05) is 41.7 Å². The highest BCUT2D eigenvalue weighted by molar-refractivity contribution is 6.00. The summed E-state index contributed by atoms with van der Waals surface area (Å²) in [5.41, 5.74) is 5.91. The van der Waals surface area contributed by atoms with Gasteiger partial charge in [-0.05, 0) is 43.9 Å². The molecule has 2 aromatic carbocycles. The zero-order valence-electron chi connectivity index (χ0n) is 18.6. The SMILES string of the molecule is CCCN(CCC)C(=O)/C=C(\C)c1cc2c(-c3ccc(C)cc3)coc2cc1OC. The smallest absolute Gasteiger partial charge is 0.246 e. The number of nitrogens with zero attached hydrogens (tertiary/aromatic N) is 1. The summed E-state index contributed by atoms with van der Waals surface area (Å²) >= 11 is 0. The molecule has 0 atom stereocenters. The zero-order valence-corrected chi connectivity index (χ0v) is 18.6. The molecule has 1 heterocycles. The average Bonchev–Trinajstić information content (AvgIpc) is 3.16. The van der Waals surface area contributed by atoms with E-state index in [0.717, 1.165) is 59.2 Å². The van der Waals surface area contributed by atoms with E-state index in [1.54, 1.807) is 19.4 Å². The van der Waals surface area contributed by atoms with Gasteiger partial charge in [-0.3, -0.25) is 4.79 Å². The first kappa shape index (κ1) is 21.7. The van der Waals surface area contributed by atoms with Crippen molar-refractivity contribution >= 4 is 22.4 Å². The number of methoxy groups -OCH3 is 1. The van der Waals surface area contributed by atoms with Crippen LogP contribution in [0, 0.1) is 6.92 Å². The molecule has 1 amide bonds. The molecule has 4 heteroatoms.